The zero-order valence-electron chi connectivity index (χ0n) is 12.0. The van der Waals surface area contributed by atoms with Gasteiger partial charge in [-0.15, -0.1) is 0 Å². The summed E-state index contributed by atoms with van der Waals surface area (Å²) in [7, 11) is 4.49. The second kappa shape index (κ2) is 6.65. The van der Waals surface area contributed by atoms with E-state index in [1.807, 2.05) is 0 Å². The number of nitrogens with zero attached hydrogens (tertiary/aromatic N) is 2. The lowest BCUT2D eigenvalue weighted by Crippen LogP contribution is -2.44. The van der Waals surface area contributed by atoms with E-state index < -0.39 is 6.04 Å². The fourth-order valence-corrected chi connectivity index (χ4v) is 1.70. The average molecular weight is 281 g/mol. The van der Waals surface area contributed by atoms with Gasteiger partial charge in [-0.05, 0) is 19.1 Å². The van der Waals surface area contributed by atoms with Crippen molar-refractivity contribution in [2.45, 2.75) is 13.0 Å². The van der Waals surface area contributed by atoms with Gasteiger partial charge < -0.3 is 25.3 Å². The number of hydrogen-bond acceptors (Lipinski definition) is 5. The first kappa shape index (κ1) is 15.6. The van der Waals surface area contributed by atoms with E-state index in [1.165, 1.54) is 19.1 Å². The molecule has 0 aliphatic heterocycles. The van der Waals surface area contributed by atoms with Crippen molar-refractivity contribution in [2.24, 2.45) is 10.9 Å². The minimum absolute atomic E-state index is 0.0604. The first-order chi connectivity index (χ1) is 9.47. The molecule has 0 radical (unpaired) electrons. The highest BCUT2D eigenvalue weighted by Crippen LogP contribution is 2.29. The monoisotopic (exact) mass is 281 g/mol. The average Bonchev–Trinajstić information content (AvgIpc) is 2.50. The topological polar surface area (TPSA) is 97.4 Å². The molecule has 0 heterocycles. The molecule has 1 rings (SSSR count). The van der Waals surface area contributed by atoms with E-state index in [0.29, 0.717) is 11.5 Å². The maximum Gasteiger partial charge on any atom is 0.261 e. The SMILES string of the molecule is COc1cccc(OC)c1C(=O)N(C)C(C)C(N)=NO. The molecule has 0 aromatic heterocycles. The summed E-state index contributed by atoms with van der Waals surface area (Å²) in [5.41, 5.74) is 5.81. The number of ether oxygens (including phenoxy) is 2. The summed E-state index contributed by atoms with van der Waals surface area (Å²) in [5, 5.41) is 11.6. The van der Waals surface area contributed by atoms with Gasteiger partial charge in [-0.3, -0.25) is 4.79 Å². The number of oxime groups is 1. The summed E-state index contributed by atoms with van der Waals surface area (Å²) in [5.74, 6) is 0.383. The predicted molar refractivity (Wildman–Crippen MR) is 74.5 cm³/mol. The molecule has 0 bridgehead atoms. The number of hydrogen-bond donors (Lipinski definition) is 2. The highest BCUT2D eigenvalue weighted by molar-refractivity contribution is 6.02. The molecule has 7 heteroatoms. The van der Waals surface area contributed by atoms with Crippen LogP contribution in [0.1, 0.15) is 17.3 Å². The zero-order chi connectivity index (χ0) is 15.3. The molecule has 0 aliphatic carbocycles. The molecular weight excluding hydrogens is 262 g/mol. The Morgan fingerprint density at radius 3 is 2.25 bits per heavy atom. The lowest BCUT2D eigenvalue weighted by atomic mass is 10.1. The lowest BCUT2D eigenvalue weighted by molar-refractivity contribution is 0.0769. The van der Waals surface area contributed by atoms with E-state index in [1.54, 1.807) is 32.2 Å². The second-order valence-electron chi connectivity index (χ2n) is 4.15. The Balaban J connectivity index is 3.20. The summed E-state index contributed by atoms with van der Waals surface area (Å²) in [6.45, 7) is 1.65. The van der Waals surface area contributed by atoms with Crippen LogP contribution in [0.25, 0.3) is 0 Å². The highest BCUT2D eigenvalue weighted by Gasteiger charge is 2.26. The summed E-state index contributed by atoms with van der Waals surface area (Å²) in [6.07, 6.45) is 0. The molecule has 0 aliphatic rings. The third kappa shape index (κ3) is 2.93. The molecule has 7 nitrogen and oxygen atoms in total. The van der Waals surface area contributed by atoms with E-state index in [2.05, 4.69) is 5.16 Å². The Morgan fingerprint density at radius 2 is 1.85 bits per heavy atom. The zero-order valence-corrected chi connectivity index (χ0v) is 12.0. The van der Waals surface area contributed by atoms with Crippen LogP contribution in [0.15, 0.2) is 23.4 Å². The van der Waals surface area contributed by atoms with Crippen molar-refractivity contribution in [3.63, 3.8) is 0 Å². The molecule has 0 saturated carbocycles. The quantitative estimate of drug-likeness (QED) is 0.362. The highest BCUT2D eigenvalue weighted by atomic mass is 16.5. The van der Waals surface area contributed by atoms with Crippen molar-refractivity contribution >= 4 is 11.7 Å². The number of carbonyl (C=O) groups excluding carboxylic acids is 1. The smallest absolute Gasteiger partial charge is 0.261 e. The molecule has 0 saturated heterocycles. The maximum atomic E-state index is 12.5. The van der Waals surface area contributed by atoms with Crippen LogP contribution < -0.4 is 15.2 Å². The molecule has 0 spiro atoms. The fourth-order valence-electron chi connectivity index (χ4n) is 1.70. The van der Waals surface area contributed by atoms with Crippen molar-refractivity contribution < 1.29 is 19.5 Å². The van der Waals surface area contributed by atoms with E-state index in [4.69, 9.17) is 20.4 Å². The summed E-state index contributed by atoms with van der Waals surface area (Å²) < 4.78 is 10.4. The second-order valence-corrected chi connectivity index (χ2v) is 4.15. The van der Waals surface area contributed by atoms with Gasteiger partial charge in [0.25, 0.3) is 5.91 Å². The molecule has 1 atom stereocenters. The number of nitrogens with two attached hydrogens (primary N) is 1. The molecule has 1 aromatic carbocycles. The number of benzene rings is 1. The number of methoxy groups -OCH3 is 2. The maximum absolute atomic E-state index is 12.5. The van der Waals surface area contributed by atoms with Crippen molar-refractivity contribution in [3.8, 4) is 11.5 Å². The van der Waals surface area contributed by atoms with Crippen molar-refractivity contribution in [1.29, 1.82) is 0 Å². The molecule has 1 unspecified atom stereocenters. The molecule has 1 aromatic rings. The van der Waals surface area contributed by atoms with Crippen LogP contribution in [0, 0.1) is 0 Å². The molecule has 1 amide bonds. The van der Waals surface area contributed by atoms with Crippen LogP contribution in [-0.2, 0) is 0 Å². The number of amidine groups is 1. The summed E-state index contributed by atoms with van der Waals surface area (Å²) in [6, 6.07) is 4.49. The minimum atomic E-state index is -0.567. The number of carbonyl (C=O) groups is 1. The van der Waals surface area contributed by atoms with Crippen LogP contribution in [0.2, 0.25) is 0 Å². The Morgan fingerprint density at radius 1 is 1.35 bits per heavy atom. The fraction of sp³-hybridized carbons (Fsp3) is 0.385. The first-order valence-electron chi connectivity index (χ1n) is 5.93. The van der Waals surface area contributed by atoms with Crippen LogP contribution in [-0.4, -0.2) is 49.2 Å². The number of amides is 1. The van der Waals surface area contributed by atoms with Crippen molar-refractivity contribution in [1.82, 2.24) is 4.90 Å². The van der Waals surface area contributed by atoms with Gasteiger partial charge in [0.2, 0.25) is 0 Å². The molecule has 20 heavy (non-hydrogen) atoms. The Hall–Kier alpha value is -2.44. The lowest BCUT2D eigenvalue weighted by Gasteiger charge is -2.25. The Bertz CT molecular complexity index is 494. The predicted octanol–water partition coefficient (Wildman–Crippen LogP) is 0.911. The summed E-state index contributed by atoms with van der Waals surface area (Å²) >= 11 is 0. The first-order valence-corrected chi connectivity index (χ1v) is 5.93. The van der Waals surface area contributed by atoms with Gasteiger partial charge in [-0.2, -0.15) is 0 Å². The van der Waals surface area contributed by atoms with Gasteiger partial charge in [-0.1, -0.05) is 11.2 Å². The third-order valence-electron chi connectivity index (χ3n) is 3.09. The number of likely N-dealkylation sites (N-methyl/N-ethyl adjacent to an activating group) is 1. The largest absolute Gasteiger partial charge is 0.496 e. The third-order valence-corrected chi connectivity index (χ3v) is 3.09. The summed E-state index contributed by atoms with van der Waals surface area (Å²) in [4.78, 5) is 13.9. The van der Waals surface area contributed by atoms with Crippen LogP contribution in [0.3, 0.4) is 0 Å². The van der Waals surface area contributed by atoms with Gasteiger partial charge in [0.05, 0.1) is 20.3 Å². The molecule has 3 N–H and O–H groups in total. The van der Waals surface area contributed by atoms with Crippen molar-refractivity contribution in [3.05, 3.63) is 23.8 Å². The van der Waals surface area contributed by atoms with E-state index in [-0.39, 0.29) is 17.3 Å². The van der Waals surface area contributed by atoms with E-state index in [0.717, 1.165) is 0 Å². The molecular formula is C13H19N3O4. The van der Waals surface area contributed by atoms with Crippen LogP contribution in [0.5, 0.6) is 11.5 Å². The standard InChI is InChI=1S/C13H19N3O4/c1-8(12(14)15-18)16(2)13(17)11-9(19-3)6-5-7-10(11)20-4/h5-8,18H,1-4H3,(H2,14,15). The van der Waals surface area contributed by atoms with Gasteiger partial charge in [0.1, 0.15) is 17.1 Å². The van der Waals surface area contributed by atoms with Crippen LogP contribution >= 0.6 is 0 Å². The van der Waals surface area contributed by atoms with Gasteiger partial charge >= 0.3 is 0 Å². The van der Waals surface area contributed by atoms with Gasteiger partial charge in [0.15, 0.2) is 5.84 Å². The van der Waals surface area contributed by atoms with Crippen LogP contribution in [0.4, 0.5) is 0 Å². The molecule has 0 fully saturated rings. The number of rotatable bonds is 5. The van der Waals surface area contributed by atoms with E-state index >= 15 is 0 Å². The van der Waals surface area contributed by atoms with E-state index in [9.17, 15) is 4.79 Å². The molecule has 110 valence electrons. The van der Waals surface area contributed by atoms with Gasteiger partial charge in [-0.25, -0.2) is 0 Å². The van der Waals surface area contributed by atoms with Gasteiger partial charge in [0, 0.05) is 7.05 Å². The normalized spacial score (nSPS) is 12.7. The Labute approximate surface area is 117 Å². The van der Waals surface area contributed by atoms with Crippen molar-refractivity contribution in [2.75, 3.05) is 21.3 Å². The Kier molecular flexibility index (Phi) is 5.19. The minimum Gasteiger partial charge on any atom is -0.496 e.